The summed E-state index contributed by atoms with van der Waals surface area (Å²) in [4.78, 5) is 12.7. The molecule has 1 atom stereocenters. The van der Waals surface area contributed by atoms with Crippen LogP contribution in [0.15, 0.2) is 49.1 Å². The standard InChI is InChI=1S/C38H54F2O3/c1-4-7-9-10-11-12-13-15-28-42-35-27-26-34(36(39)37(35)40)38(41)43-32-24-22-31(23-25-32)33(16-6-3)30-20-18-29(19-21-30)17-14-8-5-2/h6,22-27,29-30,33H,3-5,7-21,28H2,1-2H3/t29-,30-,33?. The van der Waals surface area contributed by atoms with E-state index in [0.29, 0.717) is 24.2 Å². The molecule has 1 fully saturated rings. The van der Waals surface area contributed by atoms with E-state index in [9.17, 15) is 13.6 Å². The monoisotopic (exact) mass is 596 g/mol. The predicted molar refractivity (Wildman–Crippen MR) is 173 cm³/mol. The summed E-state index contributed by atoms with van der Waals surface area (Å²) in [5.74, 6) is -1.35. The molecule has 1 aliphatic carbocycles. The van der Waals surface area contributed by atoms with Crippen molar-refractivity contribution in [3.05, 3.63) is 71.8 Å². The highest BCUT2D eigenvalue weighted by atomic mass is 19.2. The number of rotatable bonds is 20. The van der Waals surface area contributed by atoms with E-state index in [1.807, 2.05) is 18.2 Å². The van der Waals surface area contributed by atoms with Crippen LogP contribution in [0.5, 0.6) is 11.5 Å². The van der Waals surface area contributed by atoms with Crippen LogP contribution in [-0.2, 0) is 0 Å². The first kappa shape index (κ1) is 34.8. The Morgan fingerprint density at radius 1 is 0.837 bits per heavy atom. The molecule has 0 aromatic heterocycles. The third kappa shape index (κ3) is 11.4. The van der Waals surface area contributed by atoms with Gasteiger partial charge in [0.25, 0.3) is 0 Å². The molecule has 0 heterocycles. The van der Waals surface area contributed by atoms with Gasteiger partial charge in [-0.1, -0.05) is 116 Å². The van der Waals surface area contributed by atoms with Gasteiger partial charge in [-0.2, -0.15) is 4.39 Å². The molecule has 0 saturated heterocycles. The van der Waals surface area contributed by atoms with Crippen molar-refractivity contribution in [2.45, 2.75) is 129 Å². The Labute approximate surface area is 259 Å². The Morgan fingerprint density at radius 3 is 2.12 bits per heavy atom. The summed E-state index contributed by atoms with van der Waals surface area (Å²) in [6, 6.07) is 10.0. The maximum absolute atomic E-state index is 14.8. The quantitative estimate of drug-likeness (QED) is 0.0660. The molecule has 1 aliphatic rings. The van der Waals surface area contributed by atoms with Gasteiger partial charge in [-0.3, -0.25) is 0 Å². The molecule has 2 aromatic rings. The lowest BCUT2D eigenvalue weighted by atomic mass is 9.71. The number of carbonyl (C=O) groups excluding carboxylic acids is 1. The van der Waals surface area contributed by atoms with E-state index in [1.54, 1.807) is 12.1 Å². The second-order valence-electron chi connectivity index (χ2n) is 12.4. The smallest absolute Gasteiger partial charge is 0.346 e. The first-order valence-electron chi connectivity index (χ1n) is 17.0. The molecule has 0 radical (unpaired) electrons. The fourth-order valence-electron chi connectivity index (χ4n) is 6.51. The van der Waals surface area contributed by atoms with Gasteiger partial charge in [-0.05, 0) is 73.3 Å². The highest BCUT2D eigenvalue weighted by molar-refractivity contribution is 5.91. The van der Waals surface area contributed by atoms with Crippen molar-refractivity contribution in [3.63, 3.8) is 0 Å². The number of ether oxygens (including phenoxy) is 2. The second-order valence-corrected chi connectivity index (χ2v) is 12.4. The highest BCUT2D eigenvalue weighted by Crippen LogP contribution is 2.42. The summed E-state index contributed by atoms with van der Waals surface area (Å²) in [6.45, 7) is 8.77. The molecule has 0 spiro atoms. The fourth-order valence-corrected chi connectivity index (χ4v) is 6.51. The van der Waals surface area contributed by atoms with Crippen LogP contribution in [0.4, 0.5) is 8.78 Å². The Balaban J connectivity index is 1.50. The number of unbranched alkanes of at least 4 members (excludes halogenated alkanes) is 9. The molecule has 43 heavy (non-hydrogen) atoms. The maximum atomic E-state index is 14.8. The van der Waals surface area contributed by atoms with E-state index >= 15 is 0 Å². The Morgan fingerprint density at radius 2 is 1.47 bits per heavy atom. The van der Waals surface area contributed by atoms with E-state index in [-0.39, 0.29) is 5.75 Å². The molecule has 0 N–H and O–H groups in total. The van der Waals surface area contributed by atoms with Crippen molar-refractivity contribution in [2.75, 3.05) is 6.61 Å². The number of hydrogen-bond acceptors (Lipinski definition) is 3. The van der Waals surface area contributed by atoms with Crippen molar-refractivity contribution < 1.29 is 23.0 Å². The number of esters is 1. The maximum Gasteiger partial charge on any atom is 0.346 e. The SMILES string of the molecule is C=CCC(c1ccc(OC(=O)c2ccc(OCCCCCCCCCC)c(F)c2F)cc1)[C@H]1CC[C@H](CCCCC)CC1. The van der Waals surface area contributed by atoms with Crippen molar-refractivity contribution >= 4 is 5.97 Å². The molecular weight excluding hydrogens is 542 g/mol. The van der Waals surface area contributed by atoms with E-state index < -0.39 is 23.2 Å². The minimum atomic E-state index is -1.24. The first-order chi connectivity index (χ1) is 21.0. The van der Waals surface area contributed by atoms with Crippen LogP contribution in [0.2, 0.25) is 0 Å². The summed E-state index contributed by atoms with van der Waals surface area (Å²) in [5, 5.41) is 0. The van der Waals surface area contributed by atoms with Gasteiger partial charge in [-0.25, -0.2) is 9.18 Å². The van der Waals surface area contributed by atoms with E-state index in [1.165, 1.54) is 101 Å². The molecular formula is C38H54F2O3. The van der Waals surface area contributed by atoms with E-state index in [0.717, 1.165) is 31.6 Å². The second kappa shape index (κ2) is 19.6. The average molecular weight is 597 g/mol. The Kier molecular flexibility index (Phi) is 15.8. The van der Waals surface area contributed by atoms with Gasteiger partial charge in [-0.15, -0.1) is 6.58 Å². The lowest BCUT2D eigenvalue weighted by Crippen LogP contribution is -2.20. The molecule has 5 heteroatoms. The summed E-state index contributed by atoms with van der Waals surface area (Å²) >= 11 is 0. The van der Waals surface area contributed by atoms with Crippen LogP contribution in [0.25, 0.3) is 0 Å². The molecule has 0 bridgehead atoms. The zero-order valence-corrected chi connectivity index (χ0v) is 26.7. The molecule has 1 saturated carbocycles. The Hall–Kier alpha value is -2.69. The van der Waals surface area contributed by atoms with E-state index in [4.69, 9.17) is 9.47 Å². The van der Waals surface area contributed by atoms with Gasteiger partial charge in [0.15, 0.2) is 11.6 Å². The topological polar surface area (TPSA) is 35.5 Å². The summed E-state index contributed by atoms with van der Waals surface area (Å²) in [5.41, 5.74) is 0.755. The fraction of sp³-hybridized carbons (Fsp3) is 0.605. The molecule has 3 nitrogen and oxygen atoms in total. The molecule has 0 amide bonds. The van der Waals surface area contributed by atoms with Gasteiger partial charge in [0.2, 0.25) is 5.82 Å². The minimum Gasteiger partial charge on any atom is -0.490 e. The summed E-state index contributed by atoms with van der Waals surface area (Å²) in [7, 11) is 0. The highest BCUT2D eigenvalue weighted by Gasteiger charge is 2.28. The van der Waals surface area contributed by atoms with Crippen LogP contribution in [0.3, 0.4) is 0 Å². The van der Waals surface area contributed by atoms with Crippen LogP contribution in [0, 0.1) is 23.5 Å². The average Bonchev–Trinajstić information content (AvgIpc) is 3.02. The molecule has 238 valence electrons. The normalized spacial score (nSPS) is 17.4. The van der Waals surface area contributed by atoms with E-state index in [2.05, 4.69) is 20.4 Å². The third-order valence-electron chi connectivity index (χ3n) is 9.14. The van der Waals surface area contributed by atoms with Crippen LogP contribution in [0.1, 0.15) is 145 Å². The van der Waals surface area contributed by atoms with Crippen LogP contribution < -0.4 is 9.47 Å². The lowest BCUT2D eigenvalue weighted by molar-refractivity contribution is 0.0728. The number of hydrogen-bond donors (Lipinski definition) is 0. The van der Waals surface area contributed by atoms with Gasteiger partial charge < -0.3 is 9.47 Å². The van der Waals surface area contributed by atoms with Crippen molar-refractivity contribution in [3.8, 4) is 11.5 Å². The van der Waals surface area contributed by atoms with Crippen LogP contribution in [-0.4, -0.2) is 12.6 Å². The van der Waals surface area contributed by atoms with Gasteiger partial charge in [0, 0.05) is 0 Å². The third-order valence-corrected chi connectivity index (χ3v) is 9.14. The number of allylic oxidation sites excluding steroid dienone is 1. The zero-order valence-electron chi connectivity index (χ0n) is 26.7. The van der Waals surface area contributed by atoms with Gasteiger partial charge in [0.1, 0.15) is 5.75 Å². The van der Waals surface area contributed by atoms with Crippen LogP contribution >= 0.6 is 0 Å². The van der Waals surface area contributed by atoms with Crippen molar-refractivity contribution in [1.29, 1.82) is 0 Å². The number of benzene rings is 2. The van der Waals surface area contributed by atoms with Crippen molar-refractivity contribution in [1.82, 2.24) is 0 Å². The van der Waals surface area contributed by atoms with Gasteiger partial charge in [0.05, 0.1) is 12.2 Å². The minimum absolute atomic E-state index is 0.176. The summed E-state index contributed by atoms with van der Waals surface area (Å²) in [6.07, 6.45) is 22.4. The zero-order chi connectivity index (χ0) is 30.9. The molecule has 0 aliphatic heterocycles. The molecule has 2 aromatic carbocycles. The Bertz CT molecular complexity index is 1090. The number of carbonyl (C=O) groups is 1. The summed E-state index contributed by atoms with van der Waals surface area (Å²) < 4.78 is 40.4. The largest absolute Gasteiger partial charge is 0.490 e. The molecule has 1 unspecified atom stereocenters. The van der Waals surface area contributed by atoms with Gasteiger partial charge >= 0.3 is 5.97 Å². The van der Waals surface area contributed by atoms with Crippen molar-refractivity contribution in [2.24, 2.45) is 11.8 Å². The lowest BCUT2D eigenvalue weighted by Gasteiger charge is -2.34. The molecule has 3 rings (SSSR count). The number of halogens is 2. The predicted octanol–water partition coefficient (Wildman–Crippen LogP) is 11.7. The first-order valence-corrected chi connectivity index (χ1v) is 17.0.